The van der Waals surface area contributed by atoms with Gasteiger partial charge in [-0.3, -0.25) is 14.4 Å². The van der Waals surface area contributed by atoms with Crippen LogP contribution in [0.5, 0.6) is 0 Å². The number of hydrogen-bond acceptors (Lipinski definition) is 7. The van der Waals surface area contributed by atoms with E-state index < -0.39 is 17.1 Å². The summed E-state index contributed by atoms with van der Waals surface area (Å²) < 4.78 is 5.27. The molecule has 4 rings (SSSR count). The number of hydrogen-bond donors (Lipinski definition) is 3. The van der Waals surface area contributed by atoms with E-state index in [1.165, 1.54) is 18.7 Å². The summed E-state index contributed by atoms with van der Waals surface area (Å²) in [5, 5.41) is 8.02. The first-order chi connectivity index (χ1) is 19.8. The summed E-state index contributed by atoms with van der Waals surface area (Å²) in [5.74, 6) is -1.60. The molecule has 1 atom stereocenters. The highest BCUT2D eigenvalue weighted by Crippen LogP contribution is 2.40. The van der Waals surface area contributed by atoms with E-state index in [2.05, 4.69) is 16.0 Å². The maximum Gasteiger partial charge on any atom is 0.341 e. The zero-order valence-electron chi connectivity index (χ0n) is 22.7. The molecule has 3 amide bonds. The molecule has 1 heterocycles. The zero-order chi connectivity index (χ0) is 29.4. The molecule has 3 N–H and O–H groups in total. The second-order valence-electron chi connectivity index (χ2n) is 8.91. The van der Waals surface area contributed by atoms with Crippen LogP contribution < -0.4 is 16.0 Å². The molecule has 0 spiro atoms. The Balaban J connectivity index is 1.67. The topological polar surface area (TPSA) is 114 Å². The average Bonchev–Trinajstić information content (AvgIpc) is 3.28. The van der Waals surface area contributed by atoms with Crippen LogP contribution in [-0.4, -0.2) is 30.3 Å². The van der Waals surface area contributed by atoms with Gasteiger partial charge in [-0.25, -0.2) is 4.79 Å². The standard InChI is InChI=1S/C31H29N3O5S2/c1-4-39-31(38)25-19(2)26(28(36)33-22-14-9-6-10-15-22)41-30(25)34-29(37)27(21-12-7-5-8-13-21)40-24-17-11-16-23(18-24)32-20(3)35/h5-18,27H,4H2,1-3H3,(H,32,35)(H,33,36)(H,34,37). The fourth-order valence-electron chi connectivity index (χ4n) is 4.04. The van der Waals surface area contributed by atoms with Gasteiger partial charge in [0.25, 0.3) is 5.91 Å². The fourth-order valence-corrected chi connectivity index (χ4v) is 6.22. The van der Waals surface area contributed by atoms with Crippen molar-refractivity contribution in [2.75, 3.05) is 22.6 Å². The molecule has 1 aromatic heterocycles. The van der Waals surface area contributed by atoms with Crippen LogP contribution in [0.1, 0.15) is 50.3 Å². The molecule has 10 heteroatoms. The number of benzene rings is 3. The van der Waals surface area contributed by atoms with Crippen LogP contribution in [0.3, 0.4) is 0 Å². The third-order valence-corrected chi connectivity index (χ3v) is 8.30. The second kappa shape index (κ2) is 13.8. The van der Waals surface area contributed by atoms with Gasteiger partial charge in [-0.1, -0.05) is 54.6 Å². The van der Waals surface area contributed by atoms with Gasteiger partial charge in [0, 0.05) is 23.2 Å². The Morgan fingerprint density at radius 1 is 0.854 bits per heavy atom. The van der Waals surface area contributed by atoms with Crippen LogP contribution in [0.15, 0.2) is 89.8 Å². The van der Waals surface area contributed by atoms with Crippen LogP contribution in [0, 0.1) is 6.92 Å². The van der Waals surface area contributed by atoms with Crippen LogP contribution >= 0.6 is 23.1 Å². The van der Waals surface area contributed by atoms with Gasteiger partial charge in [0.1, 0.15) is 10.3 Å². The Bertz CT molecular complexity index is 1550. The van der Waals surface area contributed by atoms with Gasteiger partial charge in [-0.2, -0.15) is 0 Å². The molecule has 1 unspecified atom stereocenters. The summed E-state index contributed by atoms with van der Waals surface area (Å²) in [4.78, 5) is 52.6. The Hall–Kier alpha value is -4.41. The lowest BCUT2D eigenvalue weighted by atomic mass is 10.1. The molecule has 4 aromatic rings. The number of amides is 3. The lowest BCUT2D eigenvalue weighted by Crippen LogP contribution is -2.20. The molecule has 210 valence electrons. The van der Waals surface area contributed by atoms with Crippen molar-refractivity contribution in [1.29, 1.82) is 0 Å². The first-order valence-electron chi connectivity index (χ1n) is 12.8. The molecule has 41 heavy (non-hydrogen) atoms. The number of ether oxygens (including phenoxy) is 1. The van der Waals surface area contributed by atoms with Crippen LogP contribution in [0.25, 0.3) is 0 Å². The van der Waals surface area contributed by atoms with Crippen molar-refractivity contribution in [1.82, 2.24) is 0 Å². The SMILES string of the molecule is CCOC(=O)c1c(NC(=O)C(Sc2cccc(NC(C)=O)c2)c2ccccc2)sc(C(=O)Nc2ccccc2)c1C. The van der Waals surface area contributed by atoms with Gasteiger partial charge >= 0.3 is 5.97 Å². The Morgan fingerprint density at radius 2 is 1.51 bits per heavy atom. The predicted molar refractivity (Wildman–Crippen MR) is 164 cm³/mol. The molecule has 0 aliphatic carbocycles. The molecule has 0 bridgehead atoms. The van der Waals surface area contributed by atoms with Gasteiger partial charge in [-0.05, 0) is 55.3 Å². The molecule has 0 aliphatic heterocycles. The third-order valence-electron chi connectivity index (χ3n) is 5.85. The summed E-state index contributed by atoms with van der Waals surface area (Å²) in [7, 11) is 0. The van der Waals surface area contributed by atoms with E-state index >= 15 is 0 Å². The number of carbonyl (C=O) groups excluding carboxylic acids is 4. The number of thiophene rings is 1. The largest absolute Gasteiger partial charge is 0.462 e. The van der Waals surface area contributed by atoms with Crippen molar-refractivity contribution in [2.24, 2.45) is 0 Å². The molecule has 0 fully saturated rings. The van der Waals surface area contributed by atoms with Crippen molar-refractivity contribution >= 4 is 63.2 Å². The van der Waals surface area contributed by atoms with Crippen molar-refractivity contribution in [2.45, 2.75) is 30.9 Å². The van der Waals surface area contributed by atoms with Crippen LogP contribution in [0.4, 0.5) is 16.4 Å². The highest BCUT2D eigenvalue weighted by atomic mass is 32.2. The number of carbonyl (C=O) groups is 4. The Labute approximate surface area is 246 Å². The molecule has 3 aromatic carbocycles. The van der Waals surface area contributed by atoms with Gasteiger partial charge in [-0.15, -0.1) is 23.1 Å². The summed E-state index contributed by atoms with van der Waals surface area (Å²) in [6, 6.07) is 25.4. The summed E-state index contributed by atoms with van der Waals surface area (Å²) >= 11 is 2.32. The molecule has 0 saturated carbocycles. The lowest BCUT2D eigenvalue weighted by Gasteiger charge is -2.17. The van der Waals surface area contributed by atoms with E-state index in [1.54, 1.807) is 56.3 Å². The highest BCUT2D eigenvalue weighted by molar-refractivity contribution is 8.00. The minimum Gasteiger partial charge on any atom is -0.462 e. The second-order valence-corrected chi connectivity index (χ2v) is 11.1. The number of esters is 1. The van der Waals surface area contributed by atoms with Crippen molar-refractivity contribution in [3.8, 4) is 0 Å². The molecular formula is C31H29N3O5S2. The van der Waals surface area contributed by atoms with Gasteiger partial charge in [0.05, 0.1) is 17.0 Å². The monoisotopic (exact) mass is 587 g/mol. The maximum absolute atomic E-state index is 13.8. The van der Waals surface area contributed by atoms with Gasteiger partial charge in [0.15, 0.2) is 0 Å². The average molecular weight is 588 g/mol. The van der Waals surface area contributed by atoms with Crippen molar-refractivity contribution < 1.29 is 23.9 Å². The van der Waals surface area contributed by atoms with E-state index in [1.807, 2.05) is 42.5 Å². The van der Waals surface area contributed by atoms with E-state index in [0.29, 0.717) is 21.8 Å². The summed E-state index contributed by atoms with van der Waals surface area (Å²) in [6.07, 6.45) is 0. The quantitative estimate of drug-likeness (QED) is 0.137. The summed E-state index contributed by atoms with van der Waals surface area (Å²) in [6.45, 7) is 4.92. The normalized spacial score (nSPS) is 11.3. The number of rotatable bonds is 10. The zero-order valence-corrected chi connectivity index (χ0v) is 24.4. The number of thioether (sulfide) groups is 1. The Kier molecular flexibility index (Phi) is 9.94. The molecule has 0 radical (unpaired) electrons. The van der Waals surface area contributed by atoms with E-state index in [4.69, 9.17) is 4.74 Å². The Morgan fingerprint density at radius 3 is 2.17 bits per heavy atom. The molecule has 0 saturated heterocycles. The van der Waals surface area contributed by atoms with Gasteiger partial charge < -0.3 is 20.7 Å². The van der Waals surface area contributed by atoms with E-state index in [-0.39, 0.29) is 29.0 Å². The van der Waals surface area contributed by atoms with E-state index in [9.17, 15) is 19.2 Å². The number of anilines is 3. The first-order valence-corrected chi connectivity index (χ1v) is 14.5. The number of nitrogens with one attached hydrogen (secondary N) is 3. The highest BCUT2D eigenvalue weighted by Gasteiger charge is 2.29. The van der Waals surface area contributed by atoms with Crippen LogP contribution in [-0.2, 0) is 14.3 Å². The third kappa shape index (κ3) is 7.62. The van der Waals surface area contributed by atoms with Crippen molar-refractivity contribution in [3.05, 3.63) is 106 Å². The maximum atomic E-state index is 13.8. The minimum atomic E-state index is -0.706. The fraction of sp³-hybridized carbons (Fsp3) is 0.161. The molecule has 8 nitrogen and oxygen atoms in total. The first kappa shape index (κ1) is 29.6. The smallest absolute Gasteiger partial charge is 0.341 e. The van der Waals surface area contributed by atoms with E-state index in [0.717, 1.165) is 21.8 Å². The minimum absolute atomic E-state index is 0.139. The predicted octanol–water partition coefficient (Wildman–Crippen LogP) is 6.92. The molecule has 0 aliphatic rings. The lowest BCUT2D eigenvalue weighted by molar-refractivity contribution is -0.116. The van der Waals surface area contributed by atoms with Crippen LogP contribution in [0.2, 0.25) is 0 Å². The van der Waals surface area contributed by atoms with Gasteiger partial charge in [0.2, 0.25) is 11.8 Å². The molecular weight excluding hydrogens is 558 g/mol. The summed E-state index contributed by atoms with van der Waals surface area (Å²) in [5.41, 5.74) is 2.53. The van der Waals surface area contributed by atoms with Crippen molar-refractivity contribution in [3.63, 3.8) is 0 Å². The number of para-hydroxylation sites is 1.